The maximum atomic E-state index is 12.4. The summed E-state index contributed by atoms with van der Waals surface area (Å²) in [5.74, 6) is 0.694. The molecule has 1 saturated heterocycles. The number of ether oxygens (including phenoxy) is 1. The number of benzene rings is 2. The van der Waals surface area contributed by atoms with Crippen molar-refractivity contribution in [3.63, 3.8) is 0 Å². The number of carbonyl (C=O) groups is 1. The van der Waals surface area contributed by atoms with Gasteiger partial charge in [-0.25, -0.2) is 0 Å². The molecular formula is C21H26ClN3O2. The van der Waals surface area contributed by atoms with Crippen molar-refractivity contribution in [1.82, 2.24) is 9.80 Å². The molecule has 27 heavy (non-hydrogen) atoms. The van der Waals surface area contributed by atoms with E-state index in [9.17, 15) is 4.79 Å². The molecule has 6 heteroatoms. The van der Waals surface area contributed by atoms with Gasteiger partial charge < -0.3 is 10.1 Å². The fourth-order valence-electron chi connectivity index (χ4n) is 3.22. The number of amides is 1. The molecule has 0 aromatic heterocycles. The molecule has 0 saturated carbocycles. The average Bonchev–Trinajstić information content (AvgIpc) is 2.67. The average molecular weight is 388 g/mol. The largest absolute Gasteiger partial charge is 0.492 e. The Morgan fingerprint density at radius 1 is 1.04 bits per heavy atom. The molecule has 0 atom stereocenters. The lowest BCUT2D eigenvalue weighted by molar-refractivity contribution is -0.117. The lowest BCUT2D eigenvalue weighted by atomic mass is 10.2. The Hall–Kier alpha value is -2.08. The van der Waals surface area contributed by atoms with Gasteiger partial charge in [-0.15, -0.1) is 0 Å². The summed E-state index contributed by atoms with van der Waals surface area (Å²) in [7, 11) is 0. The number of nitrogens with zero attached hydrogens (tertiary/aromatic N) is 2. The van der Waals surface area contributed by atoms with Gasteiger partial charge in [0, 0.05) is 37.7 Å². The molecule has 2 aromatic rings. The van der Waals surface area contributed by atoms with Gasteiger partial charge in [0.25, 0.3) is 0 Å². The van der Waals surface area contributed by atoms with Crippen molar-refractivity contribution in [2.75, 3.05) is 44.6 Å². The van der Waals surface area contributed by atoms with Crippen LogP contribution in [0.2, 0.25) is 5.02 Å². The van der Waals surface area contributed by atoms with Crippen molar-refractivity contribution in [3.8, 4) is 5.75 Å². The summed E-state index contributed by atoms with van der Waals surface area (Å²) < 4.78 is 5.56. The Labute approximate surface area is 165 Å². The van der Waals surface area contributed by atoms with Crippen LogP contribution in [0.25, 0.3) is 0 Å². The third kappa shape index (κ3) is 5.70. The summed E-state index contributed by atoms with van der Waals surface area (Å²) in [5.41, 5.74) is 1.87. The van der Waals surface area contributed by atoms with Crippen molar-refractivity contribution in [3.05, 3.63) is 59.1 Å². The molecule has 1 aliphatic rings. The summed E-state index contributed by atoms with van der Waals surface area (Å²) in [5, 5.41) is 3.78. The van der Waals surface area contributed by atoms with E-state index in [1.165, 1.54) is 0 Å². The minimum absolute atomic E-state index is 0.0123. The highest BCUT2D eigenvalue weighted by Gasteiger charge is 2.20. The molecule has 1 aliphatic heterocycles. The van der Waals surface area contributed by atoms with Gasteiger partial charge in [-0.2, -0.15) is 0 Å². The molecule has 3 rings (SSSR count). The van der Waals surface area contributed by atoms with Crippen LogP contribution >= 0.6 is 11.6 Å². The molecule has 1 amide bonds. The van der Waals surface area contributed by atoms with Crippen LogP contribution in [0.3, 0.4) is 0 Å². The van der Waals surface area contributed by atoms with Crippen LogP contribution in [0.1, 0.15) is 12.5 Å². The second-order valence-corrected chi connectivity index (χ2v) is 7.03. The Bertz CT molecular complexity index is 761. The summed E-state index contributed by atoms with van der Waals surface area (Å²) in [4.78, 5) is 17.0. The predicted octanol–water partition coefficient (Wildman–Crippen LogP) is 3.50. The van der Waals surface area contributed by atoms with E-state index in [-0.39, 0.29) is 5.91 Å². The van der Waals surface area contributed by atoms with Gasteiger partial charge in [-0.05, 0) is 30.7 Å². The van der Waals surface area contributed by atoms with E-state index in [4.69, 9.17) is 16.3 Å². The van der Waals surface area contributed by atoms with Crippen LogP contribution in [-0.2, 0) is 11.3 Å². The molecule has 144 valence electrons. The molecule has 1 N–H and O–H groups in total. The van der Waals surface area contributed by atoms with Gasteiger partial charge in [0.15, 0.2) is 0 Å². The first-order valence-electron chi connectivity index (χ1n) is 9.35. The molecule has 5 nitrogen and oxygen atoms in total. The van der Waals surface area contributed by atoms with Crippen molar-refractivity contribution in [2.24, 2.45) is 0 Å². The van der Waals surface area contributed by atoms with E-state index >= 15 is 0 Å². The lowest BCUT2D eigenvalue weighted by Crippen LogP contribution is -2.48. The summed E-state index contributed by atoms with van der Waals surface area (Å²) in [6.45, 7) is 7.32. The number of para-hydroxylation sites is 2. The summed E-state index contributed by atoms with van der Waals surface area (Å²) in [6.07, 6.45) is 0. The molecule has 2 aromatic carbocycles. The van der Waals surface area contributed by atoms with Gasteiger partial charge in [-0.1, -0.05) is 41.9 Å². The Balaban J connectivity index is 1.46. The molecule has 1 heterocycles. The number of hydrogen-bond donors (Lipinski definition) is 1. The SMILES string of the molecule is CCOc1ccccc1NC(=O)CN1CCN(Cc2ccccc2Cl)CC1. The lowest BCUT2D eigenvalue weighted by Gasteiger charge is -2.34. The third-order valence-electron chi connectivity index (χ3n) is 4.64. The van der Waals surface area contributed by atoms with Gasteiger partial charge in [0.2, 0.25) is 5.91 Å². The van der Waals surface area contributed by atoms with E-state index in [1.807, 2.05) is 49.4 Å². The molecule has 0 radical (unpaired) electrons. The zero-order chi connectivity index (χ0) is 19.1. The van der Waals surface area contributed by atoms with Crippen LogP contribution in [0, 0.1) is 0 Å². The topological polar surface area (TPSA) is 44.8 Å². The van der Waals surface area contributed by atoms with Gasteiger partial charge in [0.05, 0.1) is 18.8 Å². The first kappa shape index (κ1) is 19.7. The van der Waals surface area contributed by atoms with Crippen molar-refractivity contribution < 1.29 is 9.53 Å². The van der Waals surface area contributed by atoms with Gasteiger partial charge in [0.1, 0.15) is 5.75 Å². The van der Waals surface area contributed by atoms with Crippen molar-refractivity contribution >= 4 is 23.2 Å². The quantitative estimate of drug-likeness (QED) is 0.789. The minimum Gasteiger partial charge on any atom is -0.492 e. The maximum Gasteiger partial charge on any atom is 0.238 e. The van der Waals surface area contributed by atoms with Crippen LogP contribution in [-0.4, -0.2) is 55.0 Å². The Morgan fingerprint density at radius 2 is 1.70 bits per heavy atom. The highest BCUT2D eigenvalue weighted by atomic mass is 35.5. The summed E-state index contributed by atoms with van der Waals surface area (Å²) in [6, 6.07) is 15.5. The van der Waals surface area contributed by atoms with Crippen LogP contribution in [0.15, 0.2) is 48.5 Å². The normalized spacial score (nSPS) is 15.5. The first-order valence-corrected chi connectivity index (χ1v) is 9.73. The number of piperazine rings is 1. The van der Waals surface area contributed by atoms with Crippen molar-refractivity contribution in [1.29, 1.82) is 0 Å². The number of nitrogens with one attached hydrogen (secondary N) is 1. The number of hydrogen-bond acceptors (Lipinski definition) is 4. The van der Waals surface area contributed by atoms with Crippen LogP contribution in [0.4, 0.5) is 5.69 Å². The number of carbonyl (C=O) groups excluding carboxylic acids is 1. The molecular weight excluding hydrogens is 362 g/mol. The highest BCUT2D eigenvalue weighted by molar-refractivity contribution is 6.31. The highest BCUT2D eigenvalue weighted by Crippen LogP contribution is 2.23. The zero-order valence-electron chi connectivity index (χ0n) is 15.7. The van der Waals surface area contributed by atoms with Crippen LogP contribution < -0.4 is 10.1 Å². The Morgan fingerprint density at radius 3 is 2.44 bits per heavy atom. The monoisotopic (exact) mass is 387 g/mol. The van der Waals surface area contributed by atoms with Crippen LogP contribution in [0.5, 0.6) is 5.75 Å². The number of anilines is 1. The molecule has 0 unspecified atom stereocenters. The maximum absolute atomic E-state index is 12.4. The van der Waals surface area contributed by atoms with E-state index in [0.717, 1.165) is 49.0 Å². The second-order valence-electron chi connectivity index (χ2n) is 6.62. The first-order chi connectivity index (χ1) is 13.2. The van der Waals surface area contributed by atoms with Gasteiger partial charge >= 0.3 is 0 Å². The fourth-order valence-corrected chi connectivity index (χ4v) is 3.41. The molecule has 0 spiro atoms. The number of halogens is 1. The smallest absolute Gasteiger partial charge is 0.238 e. The Kier molecular flexibility index (Phi) is 7.10. The van der Waals surface area contributed by atoms with E-state index in [0.29, 0.717) is 18.9 Å². The molecule has 1 fully saturated rings. The molecule has 0 bridgehead atoms. The zero-order valence-corrected chi connectivity index (χ0v) is 16.4. The second kappa shape index (κ2) is 9.74. The minimum atomic E-state index is -0.0123. The van der Waals surface area contributed by atoms with E-state index < -0.39 is 0 Å². The van der Waals surface area contributed by atoms with Crippen molar-refractivity contribution in [2.45, 2.75) is 13.5 Å². The van der Waals surface area contributed by atoms with E-state index in [1.54, 1.807) is 0 Å². The van der Waals surface area contributed by atoms with Gasteiger partial charge in [-0.3, -0.25) is 14.6 Å². The molecule has 0 aliphatic carbocycles. The summed E-state index contributed by atoms with van der Waals surface area (Å²) >= 11 is 6.25. The predicted molar refractivity (Wildman–Crippen MR) is 109 cm³/mol. The fraction of sp³-hybridized carbons (Fsp3) is 0.381. The van der Waals surface area contributed by atoms with E-state index in [2.05, 4.69) is 21.2 Å². The standard InChI is InChI=1S/C21H26ClN3O2/c1-2-27-20-10-6-5-9-19(20)23-21(26)16-25-13-11-24(12-14-25)15-17-7-3-4-8-18(17)22/h3-10H,2,11-16H2,1H3,(H,23,26). The third-order valence-corrected chi connectivity index (χ3v) is 5.01. The number of rotatable bonds is 7.